The largest absolute Gasteiger partial charge is 0.392 e. The van der Waals surface area contributed by atoms with Crippen LogP contribution >= 0.6 is 0 Å². The summed E-state index contributed by atoms with van der Waals surface area (Å²) in [6, 6.07) is 1.52. The Morgan fingerprint density at radius 2 is 2.21 bits per heavy atom. The fourth-order valence-corrected chi connectivity index (χ4v) is 3.79. The van der Waals surface area contributed by atoms with Crippen LogP contribution in [0.25, 0.3) is 0 Å². The SMILES string of the molecule is Cn1c(C2C(C3CC3)CCN2c2cc(CO)c(F)cn2)n[nH]c1=O. The van der Waals surface area contributed by atoms with E-state index in [0.29, 0.717) is 23.5 Å². The van der Waals surface area contributed by atoms with E-state index in [1.807, 2.05) is 0 Å². The van der Waals surface area contributed by atoms with Gasteiger partial charge in [0.25, 0.3) is 0 Å². The highest BCUT2D eigenvalue weighted by molar-refractivity contribution is 5.45. The summed E-state index contributed by atoms with van der Waals surface area (Å²) in [5, 5.41) is 16.1. The van der Waals surface area contributed by atoms with Gasteiger partial charge in [0.1, 0.15) is 11.6 Å². The minimum absolute atomic E-state index is 0.0639. The number of H-pyrrole nitrogens is 1. The molecule has 0 amide bonds. The molecule has 7 nitrogen and oxygen atoms in total. The van der Waals surface area contributed by atoms with Gasteiger partial charge in [-0.3, -0.25) is 4.57 Å². The molecule has 0 aromatic carbocycles. The van der Waals surface area contributed by atoms with Crippen LogP contribution in [-0.2, 0) is 13.7 Å². The van der Waals surface area contributed by atoms with Crippen molar-refractivity contribution in [3.8, 4) is 0 Å². The summed E-state index contributed by atoms with van der Waals surface area (Å²) in [7, 11) is 1.71. The van der Waals surface area contributed by atoms with E-state index in [0.717, 1.165) is 19.2 Å². The number of rotatable bonds is 4. The second-order valence-electron chi connectivity index (χ2n) is 6.67. The van der Waals surface area contributed by atoms with E-state index in [9.17, 15) is 14.3 Å². The number of halogens is 1. The predicted octanol–water partition coefficient (Wildman–Crippen LogP) is 1.11. The van der Waals surface area contributed by atoms with Crippen LogP contribution in [0.4, 0.5) is 10.2 Å². The van der Waals surface area contributed by atoms with Crippen molar-refractivity contribution in [3.05, 3.63) is 40.0 Å². The number of nitrogens with zero attached hydrogens (tertiary/aromatic N) is 4. The van der Waals surface area contributed by atoms with Crippen molar-refractivity contribution >= 4 is 5.82 Å². The number of aliphatic hydroxyl groups excluding tert-OH is 1. The van der Waals surface area contributed by atoms with Crippen LogP contribution in [0.15, 0.2) is 17.1 Å². The van der Waals surface area contributed by atoms with Gasteiger partial charge in [0.2, 0.25) is 0 Å². The van der Waals surface area contributed by atoms with Gasteiger partial charge >= 0.3 is 5.69 Å². The van der Waals surface area contributed by atoms with Crippen LogP contribution in [0.1, 0.15) is 36.7 Å². The summed E-state index contributed by atoms with van der Waals surface area (Å²) in [5.41, 5.74) is -0.0148. The molecule has 1 aliphatic carbocycles. The lowest BCUT2D eigenvalue weighted by Crippen LogP contribution is -2.30. The lowest BCUT2D eigenvalue weighted by molar-refractivity contribution is 0.275. The van der Waals surface area contributed by atoms with Gasteiger partial charge in [-0.1, -0.05) is 0 Å². The molecule has 1 saturated heterocycles. The predicted molar refractivity (Wildman–Crippen MR) is 84.9 cm³/mol. The maximum atomic E-state index is 13.7. The van der Waals surface area contributed by atoms with Crippen LogP contribution in [-0.4, -0.2) is 31.4 Å². The summed E-state index contributed by atoms with van der Waals surface area (Å²) in [6.45, 7) is 0.406. The number of aromatic nitrogens is 4. The Morgan fingerprint density at radius 1 is 1.42 bits per heavy atom. The number of pyridine rings is 1. The zero-order chi connectivity index (χ0) is 16.8. The monoisotopic (exact) mass is 333 g/mol. The van der Waals surface area contributed by atoms with Crippen molar-refractivity contribution in [3.63, 3.8) is 0 Å². The lowest BCUT2D eigenvalue weighted by atomic mass is 9.94. The Bertz CT molecular complexity index is 813. The molecule has 128 valence electrons. The molecule has 4 rings (SSSR count). The maximum absolute atomic E-state index is 13.7. The molecule has 0 spiro atoms. The van der Waals surface area contributed by atoms with Gasteiger partial charge in [0.05, 0.1) is 18.8 Å². The number of hydrogen-bond acceptors (Lipinski definition) is 5. The highest BCUT2D eigenvalue weighted by Gasteiger charge is 2.46. The summed E-state index contributed by atoms with van der Waals surface area (Å²) >= 11 is 0. The number of anilines is 1. The van der Waals surface area contributed by atoms with E-state index in [2.05, 4.69) is 20.1 Å². The molecule has 1 aliphatic heterocycles. The van der Waals surface area contributed by atoms with Gasteiger partial charge < -0.3 is 10.0 Å². The van der Waals surface area contributed by atoms with Crippen molar-refractivity contribution in [2.24, 2.45) is 18.9 Å². The molecule has 2 aromatic rings. The van der Waals surface area contributed by atoms with Gasteiger partial charge in [0.15, 0.2) is 5.82 Å². The van der Waals surface area contributed by atoms with Gasteiger partial charge in [-0.2, -0.15) is 5.10 Å². The number of nitrogens with one attached hydrogen (secondary N) is 1. The van der Waals surface area contributed by atoms with Crippen LogP contribution in [0, 0.1) is 17.7 Å². The molecule has 2 atom stereocenters. The number of aliphatic hydroxyl groups is 1. The summed E-state index contributed by atoms with van der Waals surface area (Å²) in [6.07, 6.45) is 4.54. The quantitative estimate of drug-likeness (QED) is 0.875. The van der Waals surface area contributed by atoms with Gasteiger partial charge in [-0.05, 0) is 37.2 Å². The van der Waals surface area contributed by atoms with E-state index < -0.39 is 5.82 Å². The first-order valence-electron chi connectivity index (χ1n) is 8.23. The first-order valence-corrected chi connectivity index (χ1v) is 8.23. The van der Waals surface area contributed by atoms with Gasteiger partial charge in [-0.15, -0.1) is 0 Å². The second kappa shape index (κ2) is 5.70. The van der Waals surface area contributed by atoms with Crippen molar-refractivity contribution in [1.29, 1.82) is 0 Å². The van der Waals surface area contributed by atoms with Crippen molar-refractivity contribution in [2.75, 3.05) is 11.4 Å². The molecule has 3 heterocycles. The fraction of sp³-hybridized carbons (Fsp3) is 0.562. The molecular weight excluding hydrogens is 313 g/mol. The van der Waals surface area contributed by atoms with Crippen LogP contribution in [0.5, 0.6) is 0 Å². The highest BCUT2D eigenvalue weighted by Crippen LogP contribution is 2.50. The van der Waals surface area contributed by atoms with E-state index in [1.54, 1.807) is 13.1 Å². The zero-order valence-electron chi connectivity index (χ0n) is 13.4. The van der Waals surface area contributed by atoms with E-state index >= 15 is 0 Å². The summed E-state index contributed by atoms with van der Waals surface area (Å²) in [4.78, 5) is 18.1. The van der Waals surface area contributed by atoms with Crippen molar-refractivity contribution in [2.45, 2.75) is 31.9 Å². The highest BCUT2D eigenvalue weighted by atomic mass is 19.1. The zero-order valence-corrected chi connectivity index (χ0v) is 13.4. The van der Waals surface area contributed by atoms with Crippen LogP contribution < -0.4 is 10.6 Å². The smallest absolute Gasteiger partial charge is 0.343 e. The van der Waals surface area contributed by atoms with Crippen LogP contribution in [0.2, 0.25) is 0 Å². The Balaban J connectivity index is 1.76. The number of aromatic amines is 1. The molecule has 2 aliphatic rings. The molecule has 24 heavy (non-hydrogen) atoms. The normalized spacial score (nSPS) is 23.9. The number of hydrogen-bond donors (Lipinski definition) is 2. The maximum Gasteiger partial charge on any atom is 0.343 e. The van der Waals surface area contributed by atoms with Gasteiger partial charge in [0, 0.05) is 19.2 Å². The molecule has 2 aromatic heterocycles. The first-order chi connectivity index (χ1) is 11.6. The van der Waals surface area contributed by atoms with E-state index in [4.69, 9.17) is 0 Å². The molecular formula is C16H20FN5O2. The first kappa shape index (κ1) is 15.3. The summed E-state index contributed by atoms with van der Waals surface area (Å²) < 4.78 is 15.2. The average molecular weight is 333 g/mol. The van der Waals surface area contributed by atoms with E-state index in [1.165, 1.54) is 17.4 Å². The third kappa shape index (κ3) is 2.41. The van der Waals surface area contributed by atoms with E-state index in [-0.39, 0.29) is 23.9 Å². The minimum atomic E-state index is -0.511. The molecule has 8 heteroatoms. The molecule has 2 N–H and O–H groups in total. The van der Waals surface area contributed by atoms with Crippen molar-refractivity contribution in [1.82, 2.24) is 19.7 Å². The molecule has 2 unspecified atom stereocenters. The summed E-state index contributed by atoms with van der Waals surface area (Å²) in [5.74, 6) is 1.84. The average Bonchev–Trinajstić information content (AvgIpc) is 3.26. The standard InChI is InChI=1S/C16H20FN5O2/c1-21-15(19-20-16(21)24)14-11(9-2-3-9)4-5-22(14)13-6-10(8-23)12(17)7-18-13/h6-7,9,11,14,23H,2-5,8H2,1H3,(H,20,24). The van der Waals surface area contributed by atoms with Gasteiger partial charge in [-0.25, -0.2) is 19.3 Å². The molecule has 1 saturated carbocycles. The third-order valence-electron chi connectivity index (χ3n) is 5.24. The Hall–Kier alpha value is -2.22. The molecule has 0 bridgehead atoms. The van der Waals surface area contributed by atoms with Crippen molar-refractivity contribution < 1.29 is 9.50 Å². The van der Waals surface area contributed by atoms with Crippen LogP contribution in [0.3, 0.4) is 0 Å². The minimum Gasteiger partial charge on any atom is -0.392 e. The Labute approximate surface area is 138 Å². The topological polar surface area (TPSA) is 87.0 Å². The second-order valence-corrected chi connectivity index (χ2v) is 6.67. The lowest BCUT2D eigenvalue weighted by Gasteiger charge is -2.28. The Morgan fingerprint density at radius 3 is 2.83 bits per heavy atom. The fourth-order valence-electron chi connectivity index (χ4n) is 3.79. The molecule has 0 radical (unpaired) electrons. The molecule has 2 fully saturated rings. The third-order valence-corrected chi connectivity index (χ3v) is 5.24. The Kier molecular flexibility index (Phi) is 3.64.